The molecule has 4 heteroatoms. The first-order chi connectivity index (χ1) is 6.83. The zero-order valence-electron chi connectivity index (χ0n) is 8.53. The Bertz CT molecular complexity index is 355. The van der Waals surface area contributed by atoms with E-state index in [4.69, 9.17) is 0 Å². The van der Waals surface area contributed by atoms with Gasteiger partial charge >= 0.3 is 4.87 Å². The van der Waals surface area contributed by atoms with Crippen LogP contribution in [0.5, 0.6) is 0 Å². The predicted molar refractivity (Wildman–Crippen MR) is 57.9 cm³/mol. The van der Waals surface area contributed by atoms with Crippen LogP contribution in [0.3, 0.4) is 0 Å². The van der Waals surface area contributed by atoms with Gasteiger partial charge in [-0.3, -0.25) is 9.36 Å². The fourth-order valence-electron chi connectivity index (χ4n) is 2.11. The second kappa shape index (κ2) is 4.26. The highest BCUT2D eigenvalue weighted by Gasteiger charge is 2.25. The average molecular weight is 212 g/mol. The minimum absolute atomic E-state index is 0.123. The van der Waals surface area contributed by atoms with Gasteiger partial charge in [0, 0.05) is 24.0 Å². The van der Waals surface area contributed by atoms with Crippen LogP contribution in [0.1, 0.15) is 50.8 Å². The quantitative estimate of drug-likeness (QED) is 0.718. The van der Waals surface area contributed by atoms with Crippen molar-refractivity contribution in [3.63, 3.8) is 0 Å². The molecule has 2 heterocycles. The van der Waals surface area contributed by atoms with Gasteiger partial charge in [-0.2, -0.15) is 4.37 Å². The van der Waals surface area contributed by atoms with Crippen LogP contribution >= 0.6 is 11.5 Å². The first-order valence-corrected chi connectivity index (χ1v) is 6.16. The third-order valence-corrected chi connectivity index (χ3v) is 3.59. The van der Waals surface area contributed by atoms with Crippen LogP contribution in [-0.4, -0.2) is 8.94 Å². The number of unbranched alkanes of at least 4 members (excludes halogenated alkanes) is 2. The molecule has 1 aromatic rings. The van der Waals surface area contributed by atoms with Gasteiger partial charge in [-0.1, -0.05) is 26.2 Å². The maximum Gasteiger partial charge on any atom is 0.326 e. The lowest BCUT2D eigenvalue weighted by Gasteiger charge is -2.05. The molecule has 1 aliphatic heterocycles. The summed E-state index contributed by atoms with van der Waals surface area (Å²) in [6.45, 7) is 3.11. The van der Waals surface area contributed by atoms with Crippen molar-refractivity contribution in [1.82, 2.24) is 8.94 Å². The molecule has 1 unspecified atom stereocenters. The third kappa shape index (κ3) is 1.75. The molecule has 1 aromatic heterocycles. The van der Waals surface area contributed by atoms with Crippen molar-refractivity contribution in [2.45, 2.75) is 51.5 Å². The van der Waals surface area contributed by atoms with Crippen LogP contribution in [0.2, 0.25) is 0 Å². The Labute approximate surface area is 87.9 Å². The molecule has 0 saturated heterocycles. The van der Waals surface area contributed by atoms with E-state index in [0.717, 1.165) is 30.3 Å². The minimum atomic E-state index is 0.123. The van der Waals surface area contributed by atoms with Gasteiger partial charge in [0.1, 0.15) is 5.82 Å². The van der Waals surface area contributed by atoms with Gasteiger partial charge in [-0.05, 0) is 12.8 Å². The van der Waals surface area contributed by atoms with E-state index in [1.807, 2.05) is 4.57 Å². The Hall–Kier alpha value is -0.640. The second-order valence-corrected chi connectivity index (χ2v) is 4.65. The molecule has 0 aromatic carbocycles. The Balaban J connectivity index is 2.00. The maximum atomic E-state index is 11.3. The van der Waals surface area contributed by atoms with E-state index in [9.17, 15) is 4.79 Å². The highest BCUT2D eigenvalue weighted by atomic mass is 32.1. The van der Waals surface area contributed by atoms with E-state index in [2.05, 4.69) is 11.3 Å². The van der Waals surface area contributed by atoms with E-state index in [1.54, 1.807) is 0 Å². The summed E-state index contributed by atoms with van der Waals surface area (Å²) in [6, 6.07) is 0. The molecule has 1 aliphatic rings. The lowest BCUT2D eigenvalue weighted by molar-refractivity contribution is 0.555. The number of rotatable bonds is 4. The topological polar surface area (TPSA) is 34.9 Å². The first kappa shape index (κ1) is 9.90. The van der Waals surface area contributed by atoms with Gasteiger partial charge in [-0.15, -0.1) is 0 Å². The summed E-state index contributed by atoms with van der Waals surface area (Å²) in [5.41, 5.74) is 0. The summed E-state index contributed by atoms with van der Waals surface area (Å²) in [7, 11) is 0. The van der Waals surface area contributed by atoms with Gasteiger partial charge in [-0.25, -0.2) is 0 Å². The molecule has 0 fully saturated rings. The first-order valence-electron chi connectivity index (χ1n) is 5.39. The van der Waals surface area contributed by atoms with Crippen LogP contribution in [0.25, 0.3) is 0 Å². The highest BCUT2D eigenvalue weighted by Crippen LogP contribution is 2.30. The fourth-order valence-corrected chi connectivity index (χ4v) is 2.81. The van der Waals surface area contributed by atoms with Crippen molar-refractivity contribution in [2.75, 3.05) is 0 Å². The van der Waals surface area contributed by atoms with Crippen LogP contribution in [0.15, 0.2) is 4.79 Å². The molecule has 0 saturated carbocycles. The van der Waals surface area contributed by atoms with Crippen LogP contribution in [-0.2, 0) is 6.54 Å². The van der Waals surface area contributed by atoms with E-state index in [0.29, 0.717) is 5.92 Å². The summed E-state index contributed by atoms with van der Waals surface area (Å²) < 4.78 is 6.10. The summed E-state index contributed by atoms with van der Waals surface area (Å²) in [4.78, 5) is 11.4. The molecule has 78 valence electrons. The molecule has 0 bridgehead atoms. The van der Waals surface area contributed by atoms with Crippen molar-refractivity contribution in [2.24, 2.45) is 0 Å². The highest BCUT2D eigenvalue weighted by molar-refractivity contribution is 7.02. The van der Waals surface area contributed by atoms with Gasteiger partial charge in [0.2, 0.25) is 0 Å². The Morgan fingerprint density at radius 3 is 3.21 bits per heavy atom. The van der Waals surface area contributed by atoms with Gasteiger partial charge in [0.05, 0.1) is 0 Å². The third-order valence-electron chi connectivity index (χ3n) is 2.94. The minimum Gasteiger partial charge on any atom is -0.285 e. The zero-order chi connectivity index (χ0) is 9.97. The van der Waals surface area contributed by atoms with E-state index in [-0.39, 0.29) is 4.87 Å². The molecule has 0 aliphatic carbocycles. The average Bonchev–Trinajstić information content (AvgIpc) is 2.72. The number of fused-ring (bicyclic) bond motifs is 1. The van der Waals surface area contributed by atoms with E-state index >= 15 is 0 Å². The number of hydrogen-bond acceptors (Lipinski definition) is 3. The SMILES string of the molecule is CCCCCC1CCn2c1nsc2=O. The lowest BCUT2D eigenvalue weighted by Crippen LogP contribution is -2.09. The molecule has 0 radical (unpaired) electrons. The summed E-state index contributed by atoms with van der Waals surface area (Å²) >= 11 is 1.11. The predicted octanol–water partition coefficient (Wildman–Crippen LogP) is 2.37. The second-order valence-electron chi connectivity index (χ2n) is 3.94. The summed E-state index contributed by atoms with van der Waals surface area (Å²) in [5.74, 6) is 1.61. The smallest absolute Gasteiger partial charge is 0.285 e. The van der Waals surface area contributed by atoms with Crippen molar-refractivity contribution >= 4 is 11.5 Å². The molecular formula is C10H16N2OS. The molecule has 14 heavy (non-hydrogen) atoms. The fraction of sp³-hybridized carbons (Fsp3) is 0.800. The zero-order valence-corrected chi connectivity index (χ0v) is 9.35. The molecule has 3 nitrogen and oxygen atoms in total. The molecule has 1 atom stereocenters. The van der Waals surface area contributed by atoms with Crippen molar-refractivity contribution < 1.29 is 0 Å². The van der Waals surface area contributed by atoms with Gasteiger partial charge in [0.15, 0.2) is 0 Å². The van der Waals surface area contributed by atoms with Gasteiger partial charge < -0.3 is 0 Å². The largest absolute Gasteiger partial charge is 0.326 e. The summed E-state index contributed by atoms with van der Waals surface area (Å²) in [5, 5.41) is 0. The molecular weight excluding hydrogens is 196 g/mol. The Morgan fingerprint density at radius 2 is 2.43 bits per heavy atom. The van der Waals surface area contributed by atoms with Crippen LogP contribution in [0, 0.1) is 0 Å². The number of nitrogens with zero attached hydrogens (tertiary/aromatic N) is 2. The normalized spacial score (nSPS) is 19.9. The maximum absolute atomic E-state index is 11.3. The molecule has 2 rings (SSSR count). The summed E-state index contributed by atoms with van der Waals surface area (Å²) in [6.07, 6.45) is 6.15. The Morgan fingerprint density at radius 1 is 1.57 bits per heavy atom. The lowest BCUT2D eigenvalue weighted by atomic mass is 10.00. The van der Waals surface area contributed by atoms with Crippen molar-refractivity contribution in [3.05, 3.63) is 15.5 Å². The number of hydrogen-bond donors (Lipinski definition) is 0. The van der Waals surface area contributed by atoms with Crippen molar-refractivity contribution in [3.8, 4) is 0 Å². The molecule has 0 spiro atoms. The van der Waals surface area contributed by atoms with E-state index < -0.39 is 0 Å². The van der Waals surface area contributed by atoms with Gasteiger partial charge in [0.25, 0.3) is 0 Å². The standard InChI is InChI=1S/C10H16N2OS/c1-2-3-4-5-8-6-7-12-9(8)11-14-10(12)13/h8H,2-7H2,1H3. The molecule has 0 N–H and O–H groups in total. The Kier molecular flexibility index (Phi) is 3.01. The van der Waals surface area contributed by atoms with E-state index in [1.165, 1.54) is 25.7 Å². The van der Waals surface area contributed by atoms with Crippen LogP contribution in [0.4, 0.5) is 0 Å². The van der Waals surface area contributed by atoms with Crippen LogP contribution < -0.4 is 4.87 Å². The van der Waals surface area contributed by atoms with Crippen molar-refractivity contribution in [1.29, 1.82) is 0 Å². The monoisotopic (exact) mass is 212 g/mol. The molecule has 0 amide bonds. The number of aromatic nitrogens is 2.